The summed E-state index contributed by atoms with van der Waals surface area (Å²) in [5.74, 6) is -0.791. The van der Waals surface area contributed by atoms with Gasteiger partial charge in [-0.15, -0.1) is 0 Å². The molecule has 0 aliphatic carbocycles. The number of aliphatic hydroxyl groups is 1. The van der Waals surface area contributed by atoms with Crippen LogP contribution in [-0.4, -0.2) is 16.1 Å². The highest BCUT2D eigenvalue weighted by molar-refractivity contribution is 5.43. The van der Waals surface area contributed by atoms with Crippen molar-refractivity contribution in [3.63, 3.8) is 0 Å². The monoisotopic (exact) mass is 256 g/mol. The van der Waals surface area contributed by atoms with E-state index in [1.165, 1.54) is 6.07 Å². The van der Waals surface area contributed by atoms with Crippen LogP contribution < -0.4 is 5.73 Å². The molecule has 3 N–H and O–H groups in total. The van der Waals surface area contributed by atoms with Crippen molar-refractivity contribution < 1.29 is 14.4 Å². The quantitative estimate of drug-likeness (QED) is 0.624. The summed E-state index contributed by atoms with van der Waals surface area (Å²) in [5, 5.41) is 20.8. The van der Waals surface area contributed by atoms with Crippen LogP contribution in [0.2, 0.25) is 0 Å². The van der Waals surface area contributed by atoms with Crippen molar-refractivity contribution in [2.75, 3.05) is 0 Å². The number of nitrogens with zero attached hydrogens (tertiary/aromatic N) is 1. The molecule has 0 aliphatic rings. The number of rotatable bonds is 5. The highest BCUT2D eigenvalue weighted by atomic mass is 19.1. The Hall–Kier alpha value is -1.53. The average molecular weight is 256 g/mol. The highest BCUT2D eigenvalue weighted by Crippen LogP contribution is 2.29. The number of nitro groups is 1. The zero-order chi connectivity index (χ0) is 13.9. The first-order valence-electron chi connectivity index (χ1n) is 5.76. The second kappa shape index (κ2) is 5.88. The molecular weight excluding hydrogens is 239 g/mol. The van der Waals surface area contributed by atoms with Crippen molar-refractivity contribution in [2.45, 2.75) is 32.4 Å². The van der Waals surface area contributed by atoms with Crippen molar-refractivity contribution in [2.24, 2.45) is 11.7 Å². The lowest BCUT2D eigenvalue weighted by atomic mass is 9.91. The van der Waals surface area contributed by atoms with Crippen molar-refractivity contribution in [1.29, 1.82) is 0 Å². The predicted octanol–water partition coefficient (Wildman–Crippen LogP) is 2.14. The number of nitrogens with two attached hydrogens (primary N) is 1. The average Bonchev–Trinajstić information content (AvgIpc) is 2.35. The lowest BCUT2D eigenvalue weighted by molar-refractivity contribution is -0.386. The van der Waals surface area contributed by atoms with Crippen LogP contribution in [0.5, 0.6) is 0 Å². The highest BCUT2D eigenvalue weighted by Gasteiger charge is 2.28. The maximum Gasteiger partial charge on any atom is 0.277 e. The molecule has 0 fully saturated rings. The number of halogens is 1. The van der Waals surface area contributed by atoms with E-state index in [1.54, 1.807) is 6.92 Å². The fraction of sp³-hybridized carbons (Fsp3) is 0.500. The van der Waals surface area contributed by atoms with E-state index in [9.17, 15) is 19.6 Å². The lowest BCUT2D eigenvalue weighted by Gasteiger charge is -2.24. The standard InChI is InChI=1S/C12H17FN2O3/c1-3-7(2)12(16)11(14)9-5-4-8(13)6-10(9)15(17)18/h4-7,11-12,16H,3,14H2,1-2H3/t7?,11-,12+/m0/s1. The smallest absolute Gasteiger partial charge is 0.277 e. The molecule has 0 saturated carbocycles. The molecule has 1 aromatic rings. The maximum absolute atomic E-state index is 13.0. The van der Waals surface area contributed by atoms with E-state index >= 15 is 0 Å². The second-order valence-corrected chi connectivity index (χ2v) is 4.36. The number of hydrogen-bond acceptors (Lipinski definition) is 4. The fourth-order valence-electron chi connectivity index (χ4n) is 1.74. The summed E-state index contributed by atoms with van der Waals surface area (Å²) in [7, 11) is 0. The van der Waals surface area contributed by atoms with Crippen molar-refractivity contribution in [1.82, 2.24) is 0 Å². The van der Waals surface area contributed by atoms with Crippen molar-refractivity contribution >= 4 is 5.69 Å². The zero-order valence-corrected chi connectivity index (χ0v) is 10.3. The van der Waals surface area contributed by atoms with Crippen LogP contribution in [0, 0.1) is 21.8 Å². The largest absolute Gasteiger partial charge is 0.391 e. The molecule has 1 unspecified atom stereocenters. The summed E-state index contributed by atoms with van der Waals surface area (Å²) < 4.78 is 13.0. The van der Waals surface area contributed by atoms with E-state index in [0.717, 1.165) is 12.1 Å². The summed E-state index contributed by atoms with van der Waals surface area (Å²) in [4.78, 5) is 10.1. The van der Waals surface area contributed by atoms with Gasteiger partial charge in [-0.05, 0) is 18.1 Å². The number of aliphatic hydroxyl groups excluding tert-OH is 1. The molecule has 0 aromatic heterocycles. The lowest BCUT2D eigenvalue weighted by Crippen LogP contribution is -2.32. The van der Waals surface area contributed by atoms with Crippen LogP contribution in [0.4, 0.5) is 10.1 Å². The summed E-state index contributed by atoms with van der Waals surface area (Å²) >= 11 is 0. The van der Waals surface area contributed by atoms with Gasteiger partial charge in [0, 0.05) is 5.56 Å². The minimum Gasteiger partial charge on any atom is -0.391 e. The van der Waals surface area contributed by atoms with Crippen LogP contribution in [0.25, 0.3) is 0 Å². The van der Waals surface area contributed by atoms with Gasteiger partial charge in [0.05, 0.1) is 23.1 Å². The number of benzene rings is 1. The van der Waals surface area contributed by atoms with Crippen molar-refractivity contribution in [3.05, 3.63) is 39.7 Å². The van der Waals surface area contributed by atoms with Crippen molar-refractivity contribution in [3.8, 4) is 0 Å². The molecule has 0 radical (unpaired) electrons. The van der Waals surface area contributed by atoms with Gasteiger partial charge in [0.15, 0.2) is 0 Å². The van der Waals surface area contributed by atoms with Crippen LogP contribution in [0.15, 0.2) is 18.2 Å². The minimum atomic E-state index is -0.904. The Morgan fingerprint density at radius 3 is 2.67 bits per heavy atom. The van der Waals surface area contributed by atoms with Crippen LogP contribution in [-0.2, 0) is 0 Å². The van der Waals surface area contributed by atoms with Gasteiger partial charge in [-0.2, -0.15) is 0 Å². The van der Waals surface area contributed by atoms with Gasteiger partial charge in [0.25, 0.3) is 5.69 Å². The molecule has 0 amide bonds. The van der Waals surface area contributed by atoms with Gasteiger partial charge in [0.2, 0.25) is 0 Å². The molecule has 0 aliphatic heterocycles. The first-order valence-corrected chi connectivity index (χ1v) is 5.76. The Balaban J connectivity index is 3.12. The Bertz CT molecular complexity index is 439. The molecule has 18 heavy (non-hydrogen) atoms. The molecular formula is C12H17FN2O3. The summed E-state index contributed by atoms with van der Waals surface area (Å²) in [6.07, 6.45) is -0.205. The first-order chi connectivity index (χ1) is 8.38. The zero-order valence-electron chi connectivity index (χ0n) is 10.3. The molecule has 0 saturated heterocycles. The Morgan fingerprint density at radius 2 is 2.17 bits per heavy atom. The Morgan fingerprint density at radius 1 is 1.56 bits per heavy atom. The minimum absolute atomic E-state index is 0.0929. The third-order valence-electron chi connectivity index (χ3n) is 3.14. The van der Waals surface area contributed by atoms with Gasteiger partial charge < -0.3 is 10.8 Å². The van der Waals surface area contributed by atoms with E-state index in [4.69, 9.17) is 5.73 Å². The van der Waals surface area contributed by atoms with Gasteiger partial charge in [-0.25, -0.2) is 4.39 Å². The third kappa shape index (κ3) is 3.02. The predicted molar refractivity (Wildman–Crippen MR) is 65.4 cm³/mol. The topological polar surface area (TPSA) is 89.4 Å². The number of nitro benzene ring substituents is 1. The molecule has 5 nitrogen and oxygen atoms in total. The molecule has 1 rings (SSSR count). The Kier molecular flexibility index (Phi) is 4.75. The van der Waals surface area contributed by atoms with Gasteiger partial charge in [-0.3, -0.25) is 10.1 Å². The SMILES string of the molecule is CCC(C)[C@@H](O)[C@@H](N)c1ccc(F)cc1[N+](=O)[O-]. The van der Waals surface area contributed by atoms with E-state index < -0.39 is 28.6 Å². The van der Waals surface area contributed by atoms with E-state index in [2.05, 4.69) is 0 Å². The second-order valence-electron chi connectivity index (χ2n) is 4.36. The summed E-state index contributed by atoms with van der Waals surface area (Å²) in [6.45, 7) is 3.69. The first kappa shape index (κ1) is 14.5. The van der Waals surface area contributed by atoms with Gasteiger partial charge >= 0.3 is 0 Å². The van der Waals surface area contributed by atoms with Gasteiger partial charge in [0.1, 0.15) is 5.82 Å². The normalized spacial score (nSPS) is 16.1. The Labute approximate surface area is 105 Å². The van der Waals surface area contributed by atoms with Crippen LogP contribution in [0.3, 0.4) is 0 Å². The van der Waals surface area contributed by atoms with Gasteiger partial charge in [-0.1, -0.05) is 20.3 Å². The number of hydrogen-bond donors (Lipinski definition) is 2. The third-order valence-corrected chi connectivity index (χ3v) is 3.14. The maximum atomic E-state index is 13.0. The van der Waals surface area contributed by atoms with E-state index in [0.29, 0.717) is 6.42 Å². The molecule has 0 bridgehead atoms. The fourth-order valence-corrected chi connectivity index (χ4v) is 1.74. The van der Waals surface area contributed by atoms with Crippen LogP contribution >= 0.6 is 0 Å². The summed E-state index contributed by atoms with van der Waals surface area (Å²) in [6, 6.07) is 2.27. The molecule has 100 valence electrons. The molecule has 3 atom stereocenters. The molecule has 0 spiro atoms. The van der Waals surface area contributed by atoms with E-state index in [-0.39, 0.29) is 11.5 Å². The van der Waals surface area contributed by atoms with Crippen LogP contribution in [0.1, 0.15) is 31.9 Å². The molecule has 6 heteroatoms. The molecule has 0 heterocycles. The summed E-state index contributed by atoms with van der Waals surface area (Å²) in [5.41, 5.74) is 5.58. The molecule has 1 aromatic carbocycles. The van der Waals surface area contributed by atoms with E-state index in [1.807, 2.05) is 6.92 Å².